The van der Waals surface area contributed by atoms with E-state index in [1.807, 2.05) is 30.7 Å². The summed E-state index contributed by atoms with van der Waals surface area (Å²) in [7, 11) is 1.93. The lowest BCUT2D eigenvalue weighted by Gasteiger charge is -2.34. The summed E-state index contributed by atoms with van der Waals surface area (Å²) in [5.41, 5.74) is 3.18. The number of carbonyl (C=O) groups is 1. The Labute approximate surface area is 123 Å². The molecule has 1 aliphatic heterocycles. The van der Waals surface area contributed by atoms with E-state index < -0.39 is 0 Å². The predicted molar refractivity (Wildman–Crippen MR) is 76.6 cm³/mol. The molecule has 0 spiro atoms. The van der Waals surface area contributed by atoms with Gasteiger partial charge in [-0.15, -0.1) is 0 Å². The molecule has 0 aliphatic carbocycles. The molecule has 0 bridgehead atoms. The number of aryl methyl sites for hydroxylation is 2. The van der Waals surface area contributed by atoms with Crippen LogP contribution in [-0.4, -0.2) is 43.1 Å². The molecule has 0 radical (unpaired) electrons. The highest BCUT2D eigenvalue weighted by atomic mass is 16.3. The molecule has 0 unspecified atom stereocenters. The number of nitrogens with zero attached hydrogens (tertiary/aromatic N) is 4. The molecule has 6 heteroatoms. The van der Waals surface area contributed by atoms with E-state index in [1.165, 1.54) is 0 Å². The van der Waals surface area contributed by atoms with Crippen molar-refractivity contribution in [3.63, 3.8) is 0 Å². The zero-order valence-electron chi connectivity index (χ0n) is 12.2. The van der Waals surface area contributed by atoms with Crippen LogP contribution in [0.2, 0.25) is 0 Å². The lowest BCUT2D eigenvalue weighted by atomic mass is 10.0. The van der Waals surface area contributed by atoms with Crippen LogP contribution in [0, 0.1) is 6.92 Å². The van der Waals surface area contributed by atoms with Gasteiger partial charge in [0, 0.05) is 24.9 Å². The number of hydrogen-bond donors (Lipinski definition) is 1. The number of aliphatic hydroxyl groups excluding tert-OH is 1. The van der Waals surface area contributed by atoms with Crippen LogP contribution in [0.5, 0.6) is 0 Å². The molecule has 3 rings (SSSR count). The third kappa shape index (κ3) is 2.42. The van der Waals surface area contributed by atoms with Crippen molar-refractivity contribution < 1.29 is 9.90 Å². The number of hydrogen-bond acceptors (Lipinski definition) is 4. The highest BCUT2D eigenvalue weighted by Crippen LogP contribution is 2.23. The third-order valence-corrected chi connectivity index (χ3v) is 3.91. The maximum atomic E-state index is 12.7. The smallest absolute Gasteiger partial charge is 0.273 e. The lowest BCUT2D eigenvalue weighted by Crippen LogP contribution is -2.46. The van der Waals surface area contributed by atoms with E-state index in [9.17, 15) is 9.90 Å². The molecular weight excluding hydrogens is 268 g/mol. The minimum atomic E-state index is -0.234. The fourth-order valence-corrected chi connectivity index (χ4v) is 2.73. The first-order chi connectivity index (χ1) is 10.1. The van der Waals surface area contributed by atoms with Gasteiger partial charge in [-0.1, -0.05) is 6.07 Å². The Bertz CT molecular complexity index is 680. The summed E-state index contributed by atoms with van der Waals surface area (Å²) >= 11 is 0. The number of carbonyl (C=O) groups excluding carboxylic acids is 1. The van der Waals surface area contributed by atoms with Crippen molar-refractivity contribution in [1.82, 2.24) is 19.4 Å². The van der Waals surface area contributed by atoms with E-state index in [1.54, 1.807) is 17.3 Å². The van der Waals surface area contributed by atoms with Gasteiger partial charge in [0.15, 0.2) is 0 Å². The van der Waals surface area contributed by atoms with E-state index in [4.69, 9.17) is 0 Å². The number of aliphatic hydroxyl groups is 1. The second-order valence-corrected chi connectivity index (χ2v) is 5.39. The van der Waals surface area contributed by atoms with Crippen LogP contribution in [-0.2, 0) is 20.0 Å². The van der Waals surface area contributed by atoms with Crippen molar-refractivity contribution >= 4 is 5.91 Å². The van der Waals surface area contributed by atoms with Gasteiger partial charge in [0.2, 0.25) is 0 Å². The zero-order chi connectivity index (χ0) is 15.0. The van der Waals surface area contributed by atoms with Gasteiger partial charge >= 0.3 is 0 Å². The lowest BCUT2D eigenvalue weighted by molar-refractivity contribution is 0.0530. The maximum absolute atomic E-state index is 12.7. The van der Waals surface area contributed by atoms with E-state index in [0.29, 0.717) is 18.7 Å². The number of fused-ring (bicyclic) bond motifs is 1. The van der Waals surface area contributed by atoms with Crippen molar-refractivity contribution in [3.05, 3.63) is 47.3 Å². The van der Waals surface area contributed by atoms with E-state index >= 15 is 0 Å². The van der Waals surface area contributed by atoms with Gasteiger partial charge in [-0.2, -0.15) is 0 Å². The summed E-state index contributed by atoms with van der Waals surface area (Å²) in [6.45, 7) is 2.20. The van der Waals surface area contributed by atoms with Gasteiger partial charge in [0.1, 0.15) is 5.69 Å². The molecule has 0 fully saturated rings. The Morgan fingerprint density at radius 2 is 2.29 bits per heavy atom. The summed E-state index contributed by atoms with van der Waals surface area (Å²) < 4.78 is 1.95. The summed E-state index contributed by atoms with van der Waals surface area (Å²) in [6, 6.07) is 5.15. The maximum Gasteiger partial charge on any atom is 0.273 e. The van der Waals surface area contributed by atoms with Crippen LogP contribution in [0.25, 0.3) is 0 Å². The minimum absolute atomic E-state index is 0.0673. The Morgan fingerprint density at radius 1 is 1.48 bits per heavy atom. The van der Waals surface area contributed by atoms with Crippen molar-refractivity contribution in [2.75, 3.05) is 6.61 Å². The Balaban J connectivity index is 1.92. The first kappa shape index (κ1) is 13.8. The molecule has 110 valence electrons. The Morgan fingerprint density at radius 3 is 3.00 bits per heavy atom. The van der Waals surface area contributed by atoms with Gasteiger partial charge in [0.25, 0.3) is 5.91 Å². The molecule has 21 heavy (non-hydrogen) atoms. The highest BCUT2D eigenvalue weighted by molar-refractivity contribution is 5.92. The minimum Gasteiger partial charge on any atom is -0.394 e. The molecule has 0 saturated carbocycles. The molecule has 0 saturated heterocycles. The molecule has 1 atom stereocenters. The summed E-state index contributed by atoms with van der Waals surface area (Å²) in [6.07, 6.45) is 2.36. The van der Waals surface area contributed by atoms with Crippen LogP contribution < -0.4 is 0 Å². The van der Waals surface area contributed by atoms with Crippen LogP contribution >= 0.6 is 0 Å². The van der Waals surface area contributed by atoms with Gasteiger partial charge < -0.3 is 14.6 Å². The number of aromatic nitrogens is 3. The molecule has 6 nitrogen and oxygen atoms in total. The summed E-state index contributed by atoms with van der Waals surface area (Å²) in [4.78, 5) is 22.9. The average Bonchev–Trinajstić information content (AvgIpc) is 2.86. The Kier molecular flexibility index (Phi) is 3.47. The second-order valence-electron chi connectivity index (χ2n) is 5.39. The second kappa shape index (κ2) is 5.29. The molecule has 0 aromatic carbocycles. The van der Waals surface area contributed by atoms with Crippen molar-refractivity contribution in [2.45, 2.75) is 25.9 Å². The van der Waals surface area contributed by atoms with Crippen LogP contribution in [0.1, 0.15) is 27.6 Å². The molecule has 1 amide bonds. The van der Waals surface area contributed by atoms with Crippen LogP contribution in [0.15, 0.2) is 24.5 Å². The summed E-state index contributed by atoms with van der Waals surface area (Å²) in [5.74, 6) is -0.158. The normalized spacial score (nSPS) is 17.7. The van der Waals surface area contributed by atoms with Gasteiger partial charge in [-0.25, -0.2) is 9.97 Å². The third-order valence-electron chi connectivity index (χ3n) is 3.91. The van der Waals surface area contributed by atoms with Crippen molar-refractivity contribution in [3.8, 4) is 0 Å². The topological polar surface area (TPSA) is 71.2 Å². The van der Waals surface area contributed by atoms with Crippen molar-refractivity contribution in [1.29, 1.82) is 0 Å². The predicted octanol–water partition coefficient (Wildman–Crippen LogP) is 0.683. The van der Waals surface area contributed by atoms with Crippen molar-refractivity contribution in [2.24, 2.45) is 7.05 Å². The molecule has 2 aromatic rings. The first-order valence-electron chi connectivity index (χ1n) is 6.94. The van der Waals surface area contributed by atoms with Crippen LogP contribution in [0.4, 0.5) is 0 Å². The van der Waals surface area contributed by atoms with E-state index in [2.05, 4.69) is 9.97 Å². The standard InChI is InChI=1S/C15H18N4O2/c1-10-4-3-5-12(17-10)15(21)19-7-13-14(6-11(19)8-20)18(2)9-16-13/h3-5,9,11,20H,6-8H2,1-2H3/t11-/m0/s1. The zero-order valence-corrected chi connectivity index (χ0v) is 12.2. The number of amides is 1. The Hall–Kier alpha value is -2.21. The number of imidazole rings is 1. The molecular formula is C15H18N4O2. The van der Waals surface area contributed by atoms with Crippen LogP contribution in [0.3, 0.4) is 0 Å². The molecule has 1 N–H and O–H groups in total. The largest absolute Gasteiger partial charge is 0.394 e. The SMILES string of the molecule is Cc1cccc(C(=O)N2Cc3ncn(C)c3C[C@H]2CO)n1. The monoisotopic (exact) mass is 286 g/mol. The quantitative estimate of drug-likeness (QED) is 0.881. The van der Waals surface area contributed by atoms with E-state index in [-0.39, 0.29) is 18.6 Å². The number of rotatable bonds is 2. The number of pyridine rings is 1. The highest BCUT2D eigenvalue weighted by Gasteiger charge is 2.32. The summed E-state index contributed by atoms with van der Waals surface area (Å²) in [5, 5.41) is 9.62. The molecule has 1 aliphatic rings. The average molecular weight is 286 g/mol. The fourth-order valence-electron chi connectivity index (χ4n) is 2.73. The van der Waals surface area contributed by atoms with E-state index in [0.717, 1.165) is 17.1 Å². The van der Waals surface area contributed by atoms with Gasteiger partial charge in [-0.05, 0) is 19.1 Å². The molecule has 3 heterocycles. The van der Waals surface area contributed by atoms with Gasteiger partial charge in [0.05, 0.1) is 31.2 Å². The fraction of sp³-hybridized carbons (Fsp3) is 0.400. The van der Waals surface area contributed by atoms with Gasteiger partial charge in [-0.3, -0.25) is 4.79 Å². The first-order valence-corrected chi connectivity index (χ1v) is 6.94. The molecule has 2 aromatic heterocycles.